The molecule has 5 rings (SSSR count). The van der Waals surface area contributed by atoms with E-state index >= 15 is 0 Å². The van der Waals surface area contributed by atoms with Crippen LogP contribution in [0.1, 0.15) is 12.5 Å². The third-order valence-electron chi connectivity index (χ3n) is 5.38. The Kier molecular flexibility index (Phi) is 5.44. The van der Waals surface area contributed by atoms with Gasteiger partial charge in [-0.05, 0) is 60.1 Å². The van der Waals surface area contributed by atoms with Crippen LogP contribution in [-0.2, 0) is 6.42 Å². The predicted molar refractivity (Wildman–Crippen MR) is 134 cm³/mol. The fraction of sp³-hybridized carbons (Fsp3) is 0.0769. The maximum Gasteiger partial charge on any atom is 0.198 e. The van der Waals surface area contributed by atoms with E-state index in [1.807, 2.05) is 79.3 Å². The zero-order valence-corrected chi connectivity index (χ0v) is 18.4. The third-order valence-corrected chi connectivity index (χ3v) is 5.67. The molecule has 5 aromatic rings. The Hall–Kier alpha value is -3.90. The summed E-state index contributed by atoms with van der Waals surface area (Å²) < 4.78 is 1.72. The van der Waals surface area contributed by atoms with Crippen molar-refractivity contribution in [3.63, 3.8) is 0 Å². The minimum atomic E-state index is 0.496. The normalized spacial score (nSPS) is 10.9. The first-order chi connectivity index (χ1) is 15.7. The number of nitrogens with one attached hydrogen (secondary N) is 1. The molecular formula is C26H21N5S. The van der Waals surface area contributed by atoms with Crippen molar-refractivity contribution in [3.8, 4) is 22.5 Å². The highest BCUT2D eigenvalue weighted by molar-refractivity contribution is 7.80. The molecule has 2 aromatic carbocycles. The van der Waals surface area contributed by atoms with E-state index < -0.39 is 0 Å². The molecule has 32 heavy (non-hydrogen) atoms. The zero-order chi connectivity index (χ0) is 21.9. The SMILES string of the molecule is CCc1cccnc1-c1nn(C(=S)Nc2ccccc2)cc1-c1ccnc2ccccc12. The van der Waals surface area contributed by atoms with Crippen molar-refractivity contribution in [2.75, 3.05) is 5.32 Å². The predicted octanol–water partition coefficient (Wildman–Crippen LogP) is 5.97. The van der Waals surface area contributed by atoms with Gasteiger partial charge in [-0.2, -0.15) is 5.10 Å². The second kappa shape index (κ2) is 8.69. The number of pyridine rings is 2. The smallest absolute Gasteiger partial charge is 0.198 e. The molecule has 0 fully saturated rings. The van der Waals surface area contributed by atoms with E-state index in [1.54, 1.807) is 4.68 Å². The Labute approximate surface area is 191 Å². The molecule has 0 unspecified atom stereocenters. The van der Waals surface area contributed by atoms with Crippen LogP contribution < -0.4 is 5.32 Å². The standard InChI is InChI=1S/C26H21N5S/c1-2-18-9-8-15-28-24(18)25-22(20-14-16-27-23-13-7-6-12-21(20)23)17-31(30-25)26(32)29-19-10-4-3-5-11-19/h3-17H,2H2,1H3,(H,29,32). The summed E-state index contributed by atoms with van der Waals surface area (Å²) in [7, 11) is 0. The molecule has 3 aromatic heterocycles. The van der Waals surface area contributed by atoms with Gasteiger partial charge in [-0.15, -0.1) is 0 Å². The average molecular weight is 436 g/mol. The van der Waals surface area contributed by atoms with Gasteiger partial charge in [0.25, 0.3) is 0 Å². The molecule has 1 N–H and O–H groups in total. The van der Waals surface area contributed by atoms with Gasteiger partial charge < -0.3 is 5.32 Å². The average Bonchev–Trinajstić information content (AvgIpc) is 3.29. The van der Waals surface area contributed by atoms with E-state index in [2.05, 4.69) is 34.3 Å². The fourth-order valence-electron chi connectivity index (χ4n) is 3.82. The van der Waals surface area contributed by atoms with Gasteiger partial charge in [0.2, 0.25) is 0 Å². The van der Waals surface area contributed by atoms with Crippen LogP contribution in [0.25, 0.3) is 33.4 Å². The Morgan fingerprint density at radius 3 is 2.50 bits per heavy atom. The van der Waals surface area contributed by atoms with Crippen LogP contribution in [0, 0.1) is 0 Å². The van der Waals surface area contributed by atoms with Crippen molar-refractivity contribution in [3.05, 3.63) is 97.0 Å². The number of rotatable bonds is 4. The number of hydrogen-bond acceptors (Lipinski definition) is 4. The number of hydrogen-bond donors (Lipinski definition) is 1. The number of thiocarbonyl (C=S) groups is 1. The van der Waals surface area contributed by atoms with E-state index in [1.165, 1.54) is 0 Å². The monoisotopic (exact) mass is 435 g/mol. The summed E-state index contributed by atoms with van der Waals surface area (Å²) >= 11 is 5.69. The molecule has 0 saturated heterocycles. The summed E-state index contributed by atoms with van der Waals surface area (Å²) in [6, 6.07) is 24.1. The number of nitrogens with zero attached hydrogens (tertiary/aromatic N) is 4. The molecule has 0 spiro atoms. The van der Waals surface area contributed by atoms with Crippen molar-refractivity contribution in [1.29, 1.82) is 0 Å². The quantitative estimate of drug-likeness (QED) is 0.353. The van der Waals surface area contributed by atoms with Gasteiger partial charge >= 0.3 is 0 Å². The summed E-state index contributed by atoms with van der Waals surface area (Å²) in [5, 5.41) is 9.72. The van der Waals surface area contributed by atoms with Crippen molar-refractivity contribution in [2.24, 2.45) is 0 Å². The van der Waals surface area contributed by atoms with Crippen LogP contribution in [0.5, 0.6) is 0 Å². The number of fused-ring (bicyclic) bond motifs is 1. The maximum absolute atomic E-state index is 5.69. The molecule has 0 aliphatic heterocycles. The van der Waals surface area contributed by atoms with Gasteiger partial charge in [-0.25, -0.2) is 4.68 Å². The first-order valence-corrected chi connectivity index (χ1v) is 10.9. The lowest BCUT2D eigenvalue weighted by Gasteiger charge is -2.08. The van der Waals surface area contributed by atoms with Crippen LogP contribution in [0.4, 0.5) is 5.69 Å². The fourth-order valence-corrected chi connectivity index (χ4v) is 4.03. The lowest BCUT2D eigenvalue weighted by atomic mass is 9.98. The van der Waals surface area contributed by atoms with E-state index in [-0.39, 0.29) is 0 Å². The molecule has 0 aliphatic rings. The molecular weight excluding hydrogens is 414 g/mol. The van der Waals surface area contributed by atoms with Crippen LogP contribution in [0.15, 0.2) is 91.4 Å². The highest BCUT2D eigenvalue weighted by atomic mass is 32.1. The molecule has 0 aliphatic carbocycles. The molecule has 0 bridgehead atoms. The number of anilines is 1. The second-order valence-electron chi connectivity index (χ2n) is 7.37. The largest absolute Gasteiger partial charge is 0.331 e. The number of para-hydroxylation sites is 2. The van der Waals surface area contributed by atoms with Crippen molar-refractivity contribution < 1.29 is 0 Å². The highest BCUT2D eigenvalue weighted by Gasteiger charge is 2.20. The van der Waals surface area contributed by atoms with Gasteiger partial charge in [-0.3, -0.25) is 9.97 Å². The molecule has 0 saturated carbocycles. The first kappa shape index (κ1) is 20.0. The molecule has 6 heteroatoms. The highest BCUT2D eigenvalue weighted by Crippen LogP contribution is 2.35. The Balaban J connectivity index is 1.69. The van der Waals surface area contributed by atoms with Gasteiger partial charge in [0.15, 0.2) is 5.11 Å². The Morgan fingerprint density at radius 2 is 1.66 bits per heavy atom. The van der Waals surface area contributed by atoms with Crippen LogP contribution in [0.2, 0.25) is 0 Å². The Morgan fingerprint density at radius 1 is 0.844 bits per heavy atom. The van der Waals surface area contributed by atoms with Crippen LogP contribution in [0.3, 0.4) is 0 Å². The van der Waals surface area contributed by atoms with E-state index in [4.69, 9.17) is 17.3 Å². The minimum absolute atomic E-state index is 0.496. The molecule has 5 nitrogen and oxygen atoms in total. The van der Waals surface area contributed by atoms with E-state index in [0.29, 0.717) is 5.11 Å². The van der Waals surface area contributed by atoms with Gasteiger partial charge in [0.1, 0.15) is 5.69 Å². The van der Waals surface area contributed by atoms with Crippen molar-refractivity contribution in [2.45, 2.75) is 13.3 Å². The number of benzene rings is 2. The zero-order valence-electron chi connectivity index (χ0n) is 17.6. The maximum atomic E-state index is 5.69. The summed E-state index contributed by atoms with van der Waals surface area (Å²) in [6.45, 7) is 2.13. The number of aromatic nitrogens is 4. The molecule has 156 valence electrons. The van der Waals surface area contributed by atoms with Crippen LogP contribution in [-0.4, -0.2) is 24.9 Å². The summed E-state index contributed by atoms with van der Waals surface area (Å²) in [6.07, 6.45) is 6.48. The molecule has 0 atom stereocenters. The summed E-state index contributed by atoms with van der Waals surface area (Å²) in [5.41, 5.74) is 6.67. The van der Waals surface area contributed by atoms with Crippen molar-refractivity contribution >= 4 is 33.9 Å². The lowest BCUT2D eigenvalue weighted by Crippen LogP contribution is -2.19. The number of aryl methyl sites for hydroxylation is 1. The van der Waals surface area contributed by atoms with E-state index in [0.717, 1.165) is 51.1 Å². The van der Waals surface area contributed by atoms with Crippen molar-refractivity contribution in [1.82, 2.24) is 19.7 Å². The third kappa shape index (κ3) is 3.76. The minimum Gasteiger partial charge on any atom is -0.331 e. The van der Waals surface area contributed by atoms with Gasteiger partial charge in [0.05, 0.1) is 11.2 Å². The van der Waals surface area contributed by atoms with Crippen LogP contribution >= 0.6 is 12.2 Å². The van der Waals surface area contributed by atoms with Gasteiger partial charge in [0, 0.05) is 35.2 Å². The topological polar surface area (TPSA) is 55.6 Å². The molecule has 0 radical (unpaired) electrons. The molecule has 0 amide bonds. The summed E-state index contributed by atoms with van der Waals surface area (Å²) in [4.78, 5) is 9.21. The molecule has 3 heterocycles. The Bertz CT molecular complexity index is 1400. The lowest BCUT2D eigenvalue weighted by molar-refractivity contribution is 0.945. The van der Waals surface area contributed by atoms with Gasteiger partial charge in [-0.1, -0.05) is 49.4 Å². The first-order valence-electron chi connectivity index (χ1n) is 10.5. The van der Waals surface area contributed by atoms with E-state index in [9.17, 15) is 0 Å². The second-order valence-corrected chi connectivity index (χ2v) is 7.76. The summed E-state index contributed by atoms with van der Waals surface area (Å²) in [5.74, 6) is 0.